The number of halogens is 2. The number of hydrogen-bond donors (Lipinski definition) is 2. The van der Waals surface area contributed by atoms with E-state index in [9.17, 15) is 4.79 Å². The van der Waals surface area contributed by atoms with E-state index in [0.29, 0.717) is 5.13 Å². The number of nitrogens with one attached hydrogen (secondary N) is 1. The number of fused-ring (bicyclic) bond motifs is 1. The van der Waals surface area contributed by atoms with Gasteiger partial charge in [-0.3, -0.25) is 9.69 Å². The van der Waals surface area contributed by atoms with E-state index < -0.39 is 0 Å². The van der Waals surface area contributed by atoms with E-state index >= 15 is 0 Å². The summed E-state index contributed by atoms with van der Waals surface area (Å²) in [5.41, 5.74) is 8.20. The van der Waals surface area contributed by atoms with E-state index in [-0.39, 0.29) is 43.2 Å². The van der Waals surface area contributed by atoms with Crippen LogP contribution in [0.4, 0.5) is 5.13 Å². The van der Waals surface area contributed by atoms with E-state index in [2.05, 4.69) is 22.1 Å². The first-order valence-corrected chi connectivity index (χ1v) is 8.78. The van der Waals surface area contributed by atoms with Gasteiger partial charge in [0.2, 0.25) is 5.91 Å². The van der Waals surface area contributed by atoms with Crippen LogP contribution in [0.5, 0.6) is 0 Å². The Bertz CT molecular complexity index is 681. The predicted molar refractivity (Wildman–Crippen MR) is 108 cm³/mol. The third kappa shape index (κ3) is 5.66. The average molecular weight is 403 g/mol. The molecule has 25 heavy (non-hydrogen) atoms. The fraction of sp³-hybridized carbons (Fsp3) is 0.412. The number of carbonyl (C=O) groups excluding carboxylic acids is 1. The van der Waals surface area contributed by atoms with Crippen LogP contribution in [0.2, 0.25) is 0 Å². The van der Waals surface area contributed by atoms with Crippen molar-refractivity contribution in [3.8, 4) is 0 Å². The molecule has 1 unspecified atom stereocenters. The van der Waals surface area contributed by atoms with Crippen LogP contribution in [0.15, 0.2) is 30.3 Å². The molecule has 0 spiro atoms. The number of nitrogens with two attached hydrogens (primary N) is 1. The molecule has 2 aromatic rings. The molecule has 0 fully saturated rings. The molecule has 0 bridgehead atoms. The lowest BCUT2D eigenvalue weighted by Crippen LogP contribution is -2.29. The van der Waals surface area contributed by atoms with Crippen LogP contribution < -0.4 is 11.1 Å². The lowest BCUT2D eigenvalue weighted by Gasteiger charge is -2.23. The summed E-state index contributed by atoms with van der Waals surface area (Å²) in [6.45, 7) is 5.19. The molecule has 138 valence electrons. The molecule has 0 saturated carbocycles. The topological polar surface area (TPSA) is 71.2 Å². The summed E-state index contributed by atoms with van der Waals surface area (Å²) in [6.07, 6.45) is 1.22. The van der Waals surface area contributed by atoms with E-state index in [1.165, 1.54) is 4.88 Å². The monoisotopic (exact) mass is 402 g/mol. The second-order valence-electron chi connectivity index (χ2n) is 5.78. The largest absolute Gasteiger partial charge is 0.324 e. The highest BCUT2D eigenvalue weighted by atomic mass is 35.5. The van der Waals surface area contributed by atoms with E-state index in [1.807, 2.05) is 30.3 Å². The van der Waals surface area contributed by atoms with Crippen LogP contribution in [-0.2, 0) is 17.8 Å². The number of rotatable bonds is 5. The molecule has 2 heterocycles. The Labute approximate surface area is 164 Å². The number of aromatic nitrogens is 1. The fourth-order valence-electron chi connectivity index (χ4n) is 2.76. The fourth-order valence-corrected chi connectivity index (χ4v) is 3.83. The molecular formula is C17H24Cl2N4OS. The van der Waals surface area contributed by atoms with Crippen molar-refractivity contribution in [2.75, 3.05) is 18.4 Å². The van der Waals surface area contributed by atoms with Crippen molar-refractivity contribution >= 4 is 47.2 Å². The molecule has 0 saturated heterocycles. The maximum absolute atomic E-state index is 12.2. The minimum absolute atomic E-state index is 0. The lowest BCUT2D eigenvalue weighted by atomic mass is 10.0. The molecule has 8 heteroatoms. The summed E-state index contributed by atoms with van der Waals surface area (Å²) in [5.74, 6) is -0.0835. The van der Waals surface area contributed by atoms with Gasteiger partial charge in [-0.2, -0.15) is 0 Å². The van der Waals surface area contributed by atoms with Crippen molar-refractivity contribution in [1.82, 2.24) is 9.88 Å². The normalized spacial score (nSPS) is 14.6. The summed E-state index contributed by atoms with van der Waals surface area (Å²) in [6, 6.07) is 9.40. The molecular weight excluding hydrogens is 379 g/mol. The van der Waals surface area contributed by atoms with Gasteiger partial charge < -0.3 is 11.1 Å². The highest BCUT2D eigenvalue weighted by Gasteiger charge is 2.20. The van der Waals surface area contributed by atoms with Crippen LogP contribution in [0.1, 0.15) is 35.5 Å². The predicted octanol–water partition coefficient (Wildman–Crippen LogP) is 3.39. The molecule has 1 aliphatic rings. The number of nitrogens with zero attached hydrogens (tertiary/aromatic N) is 2. The van der Waals surface area contributed by atoms with E-state index in [1.54, 1.807) is 11.3 Å². The highest BCUT2D eigenvalue weighted by Crippen LogP contribution is 2.28. The van der Waals surface area contributed by atoms with Crippen molar-refractivity contribution in [3.63, 3.8) is 0 Å². The van der Waals surface area contributed by atoms with Crippen LogP contribution in [-0.4, -0.2) is 28.9 Å². The number of anilines is 1. The number of thiazole rings is 1. The van der Waals surface area contributed by atoms with Gasteiger partial charge in [0.15, 0.2) is 5.13 Å². The van der Waals surface area contributed by atoms with Gasteiger partial charge >= 0.3 is 0 Å². The first-order chi connectivity index (χ1) is 11.2. The molecule has 1 aromatic heterocycles. The molecule has 1 amide bonds. The van der Waals surface area contributed by atoms with Crippen molar-refractivity contribution < 1.29 is 4.79 Å². The Morgan fingerprint density at radius 1 is 1.36 bits per heavy atom. The molecule has 1 aromatic carbocycles. The minimum atomic E-state index is -0.290. The Morgan fingerprint density at radius 2 is 2.08 bits per heavy atom. The van der Waals surface area contributed by atoms with Gasteiger partial charge in [-0.1, -0.05) is 37.3 Å². The van der Waals surface area contributed by atoms with Gasteiger partial charge in [-0.15, -0.1) is 36.2 Å². The van der Waals surface area contributed by atoms with Gasteiger partial charge in [0.25, 0.3) is 0 Å². The van der Waals surface area contributed by atoms with Gasteiger partial charge in [0.1, 0.15) is 0 Å². The second kappa shape index (κ2) is 10.1. The maximum Gasteiger partial charge on any atom is 0.228 e. The van der Waals surface area contributed by atoms with Crippen molar-refractivity contribution in [2.24, 2.45) is 5.73 Å². The summed E-state index contributed by atoms with van der Waals surface area (Å²) in [7, 11) is 0. The first kappa shape index (κ1) is 21.9. The summed E-state index contributed by atoms with van der Waals surface area (Å²) >= 11 is 1.58. The molecule has 3 rings (SSSR count). The average Bonchev–Trinajstić information content (AvgIpc) is 2.96. The van der Waals surface area contributed by atoms with Crippen molar-refractivity contribution in [3.05, 3.63) is 46.5 Å². The van der Waals surface area contributed by atoms with Crippen molar-refractivity contribution in [2.45, 2.75) is 32.4 Å². The zero-order valence-corrected chi connectivity index (χ0v) is 16.6. The SMILES string of the molecule is CCN1CCc2nc(NC(=O)CC(N)c3ccccc3)sc2C1.Cl.Cl. The third-order valence-electron chi connectivity index (χ3n) is 4.14. The third-order valence-corrected chi connectivity index (χ3v) is 5.13. The summed E-state index contributed by atoms with van der Waals surface area (Å²) in [5, 5.41) is 3.60. The Balaban J connectivity index is 0.00000156. The van der Waals surface area contributed by atoms with E-state index in [4.69, 9.17) is 5.73 Å². The molecule has 1 aliphatic heterocycles. The van der Waals surface area contributed by atoms with Gasteiger partial charge in [-0.25, -0.2) is 4.98 Å². The lowest BCUT2D eigenvalue weighted by molar-refractivity contribution is -0.116. The highest BCUT2D eigenvalue weighted by molar-refractivity contribution is 7.15. The quantitative estimate of drug-likeness (QED) is 0.803. The maximum atomic E-state index is 12.2. The van der Waals surface area contributed by atoms with Crippen LogP contribution in [0.25, 0.3) is 0 Å². The summed E-state index contributed by atoms with van der Waals surface area (Å²) < 4.78 is 0. The Kier molecular flexibility index (Phi) is 8.82. The van der Waals surface area contributed by atoms with Crippen molar-refractivity contribution in [1.29, 1.82) is 0 Å². The van der Waals surface area contributed by atoms with Crippen LogP contribution in [0, 0.1) is 0 Å². The zero-order valence-electron chi connectivity index (χ0n) is 14.1. The minimum Gasteiger partial charge on any atom is -0.324 e. The molecule has 1 atom stereocenters. The zero-order chi connectivity index (χ0) is 16.2. The molecule has 3 N–H and O–H groups in total. The van der Waals surface area contributed by atoms with Gasteiger partial charge in [0, 0.05) is 36.9 Å². The number of benzene rings is 1. The van der Waals surface area contributed by atoms with Gasteiger partial charge in [0.05, 0.1) is 5.69 Å². The standard InChI is InChI=1S/C17H22N4OS.2ClH/c1-2-21-9-8-14-15(11-21)23-17(19-14)20-16(22)10-13(18)12-6-4-3-5-7-12;;/h3-7,13H,2,8-11,18H2,1H3,(H,19,20,22);2*1H. The van der Waals surface area contributed by atoms with Crippen LogP contribution in [0.3, 0.4) is 0 Å². The summed E-state index contributed by atoms with van der Waals surface area (Å²) in [4.78, 5) is 20.4. The molecule has 0 radical (unpaired) electrons. The smallest absolute Gasteiger partial charge is 0.228 e. The number of likely N-dealkylation sites (N-methyl/N-ethyl adjacent to an activating group) is 1. The Hall–Kier alpha value is -1.18. The number of carbonyl (C=O) groups is 1. The van der Waals surface area contributed by atoms with Gasteiger partial charge in [-0.05, 0) is 12.1 Å². The number of hydrogen-bond acceptors (Lipinski definition) is 5. The van der Waals surface area contributed by atoms with Crippen LogP contribution >= 0.6 is 36.2 Å². The molecule has 0 aliphatic carbocycles. The first-order valence-electron chi connectivity index (χ1n) is 7.97. The molecule has 5 nitrogen and oxygen atoms in total. The Morgan fingerprint density at radius 3 is 2.76 bits per heavy atom. The number of amides is 1. The second-order valence-corrected chi connectivity index (χ2v) is 6.86. The van der Waals surface area contributed by atoms with E-state index in [0.717, 1.165) is 37.3 Å².